The van der Waals surface area contributed by atoms with Gasteiger partial charge in [-0.25, -0.2) is 9.59 Å². The van der Waals surface area contributed by atoms with Crippen molar-refractivity contribution in [2.45, 2.75) is 111 Å². The smallest absolute Gasteiger partial charge is 0.408 e. The summed E-state index contributed by atoms with van der Waals surface area (Å²) in [6.45, 7) is 17.6. The minimum Gasteiger partial charge on any atom is -0.460 e. The van der Waals surface area contributed by atoms with Crippen molar-refractivity contribution in [1.29, 1.82) is 0 Å². The van der Waals surface area contributed by atoms with Gasteiger partial charge in [-0.15, -0.1) is 0 Å². The number of carbonyl (C=O) groups excluding carboxylic acids is 4. The van der Waals surface area contributed by atoms with Crippen molar-refractivity contribution >= 4 is 23.9 Å². The Hall–Kier alpha value is -3.17. The summed E-state index contributed by atoms with van der Waals surface area (Å²) in [5.74, 6) is -2.18. The lowest BCUT2D eigenvalue weighted by Crippen LogP contribution is -2.47. The van der Waals surface area contributed by atoms with Gasteiger partial charge >= 0.3 is 18.0 Å². The number of nitrogens with zero attached hydrogens (tertiary/aromatic N) is 1. The highest BCUT2D eigenvalue weighted by Gasteiger charge is 2.34. The molecule has 2 atom stereocenters. The maximum atomic E-state index is 13.1. The average molecular weight is 536 g/mol. The van der Waals surface area contributed by atoms with Crippen LogP contribution in [0, 0.1) is 12.8 Å². The molecule has 0 saturated heterocycles. The van der Waals surface area contributed by atoms with Crippen LogP contribution < -0.4 is 10.6 Å². The van der Waals surface area contributed by atoms with Gasteiger partial charge in [0.1, 0.15) is 22.8 Å². The van der Waals surface area contributed by atoms with Gasteiger partial charge < -0.3 is 24.8 Å². The lowest BCUT2D eigenvalue weighted by atomic mass is 9.94. The molecule has 2 amide bonds. The summed E-state index contributed by atoms with van der Waals surface area (Å²) in [7, 11) is 0. The van der Waals surface area contributed by atoms with Crippen molar-refractivity contribution in [2.75, 3.05) is 6.54 Å². The van der Waals surface area contributed by atoms with Crippen molar-refractivity contribution in [2.24, 2.45) is 5.92 Å². The molecular formula is C28H45N3O7. The van der Waals surface area contributed by atoms with E-state index < -0.39 is 46.8 Å². The molecule has 0 spiro atoms. The molecule has 1 heterocycles. The van der Waals surface area contributed by atoms with Gasteiger partial charge in [0.15, 0.2) is 0 Å². The Balaban J connectivity index is 3.01. The quantitative estimate of drug-likeness (QED) is 0.254. The van der Waals surface area contributed by atoms with E-state index in [1.165, 1.54) is 0 Å². The zero-order valence-corrected chi connectivity index (χ0v) is 24.5. The van der Waals surface area contributed by atoms with Gasteiger partial charge in [-0.1, -0.05) is 0 Å². The zero-order chi connectivity index (χ0) is 29.3. The number of aryl methyl sites for hydroxylation is 1. The summed E-state index contributed by atoms with van der Waals surface area (Å²) in [5, 5.41) is 5.39. The molecule has 0 fully saturated rings. The molecule has 1 rings (SSSR count). The third kappa shape index (κ3) is 13.9. The molecule has 0 aliphatic rings. The SMILES string of the molecule is Cc1cc(C(=O)NCCC[C@@H](C[C@H](NC(=O)OC(C)(C)C)C(=O)OC(C)(C)C)C(=O)OC(C)(C)C)ccn1. The highest BCUT2D eigenvalue weighted by molar-refractivity contribution is 5.94. The number of ether oxygens (including phenoxy) is 3. The zero-order valence-electron chi connectivity index (χ0n) is 24.5. The first-order chi connectivity index (χ1) is 17.3. The van der Waals surface area contributed by atoms with Crippen molar-refractivity contribution in [1.82, 2.24) is 15.6 Å². The molecule has 0 saturated carbocycles. The standard InChI is InChI=1S/C28H45N3O7/c1-18-16-19(13-15-29-18)22(32)30-14-11-12-20(23(33)36-26(2,3)4)17-21(24(34)37-27(5,6)7)31-25(35)38-28(8,9)10/h13,15-16,20-21H,11-12,14,17H2,1-10H3,(H,30,32)(H,31,35)/t20-,21-/m0/s1. The van der Waals surface area contributed by atoms with Crippen molar-refractivity contribution in [3.63, 3.8) is 0 Å². The summed E-state index contributed by atoms with van der Waals surface area (Å²) >= 11 is 0. The Morgan fingerprint density at radius 2 is 1.42 bits per heavy atom. The van der Waals surface area contributed by atoms with E-state index in [1.54, 1.807) is 87.6 Å². The molecule has 214 valence electrons. The fourth-order valence-electron chi connectivity index (χ4n) is 3.38. The number of aromatic nitrogens is 1. The third-order valence-electron chi connectivity index (χ3n) is 4.82. The van der Waals surface area contributed by atoms with Gasteiger partial charge in [0.25, 0.3) is 5.91 Å². The van der Waals surface area contributed by atoms with E-state index in [0.29, 0.717) is 24.9 Å². The summed E-state index contributed by atoms with van der Waals surface area (Å²) < 4.78 is 16.4. The van der Waals surface area contributed by atoms with Crippen LogP contribution in [-0.4, -0.2) is 58.3 Å². The number of amides is 2. The molecule has 0 aliphatic carbocycles. The van der Waals surface area contributed by atoms with Crippen LogP contribution in [0.2, 0.25) is 0 Å². The monoisotopic (exact) mass is 535 g/mol. The van der Waals surface area contributed by atoms with E-state index in [9.17, 15) is 19.2 Å². The van der Waals surface area contributed by atoms with Gasteiger partial charge in [-0.2, -0.15) is 0 Å². The van der Waals surface area contributed by atoms with E-state index in [1.807, 2.05) is 0 Å². The predicted octanol–water partition coefficient (Wildman–Crippen LogP) is 4.48. The minimum atomic E-state index is -1.14. The lowest BCUT2D eigenvalue weighted by molar-refractivity contribution is -0.163. The van der Waals surface area contributed by atoms with Crippen LogP contribution in [0.3, 0.4) is 0 Å². The largest absolute Gasteiger partial charge is 0.460 e. The van der Waals surface area contributed by atoms with Gasteiger partial charge in [0.05, 0.1) is 5.92 Å². The maximum Gasteiger partial charge on any atom is 0.408 e. The summed E-state index contributed by atoms with van der Waals surface area (Å²) in [5.41, 5.74) is -1.11. The molecule has 1 aromatic heterocycles. The average Bonchev–Trinajstić information content (AvgIpc) is 2.71. The molecule has 10 nitrogen and oxygen atoms in total. The maximum absolute atomic E-state index is 13.1. The van der Waals surface area contributed by atoms with E-state index in [-0.39, 0.29) is 12.3 Å². The van der Waals surface area contributed by atoms with Crippen LogP contribution >= 0.6 is 0 Å². The second-order valence-corrected chi connectivity index (χ2v) is 12.3. The molecular weight excluding hydrogens is 490 g/mol. The molecule has 1 aromatic rings. The number of carbonyl (C=O) groups is 4. The molecule has 0 aliphatic heterocycles. The molecule has 0 unspecified atom stereocenters. The van der Waals surface area contributed by atoms with Crippen LogP contribution in [0.1, 0.15) is 97.6 Å². The van der Waals surface area contributed by atoms with Crippen molar-refractivity contribution < 1.29 is 33.4 Å². The van der Waals surface area contributed by atoms with Crippen LogP contribution in [0.25, 0.3) is 0 Å². The summed E-state index contributed by atoms with van der Waals surface area (Å²) in [4.78, 5) is 55.1. The molecule has 0 aromatic carbocycles. The van der Waals surface area contributed by atoms with Gasteiger partial charge in [-0.3, -0.25) is 14.6 Å². The van der Waals surface area contributed by atoms with E-state index >= 15 is 0 Å². The fraction of sp³-hybridized carbons (Fsp3) is 0.679. The summed E-state index contributed by atoms with van der Waals surface area (Å²) in [6.07, 6.45) is 1.46. The molecule has 0 radical (unpaired) electrons. The topological polar surface area (TPSA) is 133 Å². The highest BCUT2D eigenvalue weighted by Crippen LogP contribution is 2.22. The van der Waals surface area contributed by atoms with Crippen LogP contribution in [0.15, 0.2) is 18.3 Å². The molecule has 0 bridgehead atoms. The summed E-state index contributed by atoms with van der Waals surface area (Å²) in [6, 6.07) is 2.17. The van der Waals surface area contributed by atoms with Crippen LogP contribution in [0.5, 0.6) is 0 Å². The third-order valence-corrected chi connectivity index (χ3v) is 4.82. The second-order valence-electron chi connectivity index (χ2n) is 12.3. The van der Waals surface area contributed by atoms with Gasteiger partial charge in [0, 0.05) is 24.0 Å². The first-order valence-corrected chi connectivity index (χ1v) is 12.9. The normalized spacial score (nSPS) is 13.6. The number of hydrogen-bond acceptors (Lipinski definition) is 8. The van der Waals surface area contributed by atoms with Crippen LogP contribution in [0.4, 0.5) is 4.79 Å². The number of esters is 2. The Labute approximate surface area is 226 Å². The number of alkyl carbamates (subject to hydrolysis) is 1. The fourth-order valence-corrected chi connectivity index (χ4v) is 3.38. The first kappa shape index (κ1) is 32.9. The Bertz CT molecular complexity index is 972. The predicted molar refractivity (Wildman–Crippen MR) is 143 cm³/mol. The second kappa shape index (κ2) is 13.6. The molecule has 10 heteroatoms. The number of pyridine rings is 1. The highest BCUT2D eigenvalue weighted by atomic mass is 16.6. The number of nitrogens with one attached hydrogen (secondary N) is 2. The van der Waals surface area contributed by atoms with E-state index in [2.05, 4.69) is 15.6 Å². The Morgan fingerprint density at radius 1 is 0.868 bits per heavy atom. The Morgan fingerprint density at radius 3 is 1.95 bits per heavy atom. The van der Waals surface area contributed by atoms with Crippen LogP contribution in [-0.2, 0) is 23.8 Å². The van der Waals surface area contributed by atoms with E-state index in [0.717, 1.165) is 5.69 Å². The number of rotatable bonds is 10. The number of hydrogen-bond donors (Lipinski definition) is 2. The van der Waals surface area contributed by atoms with Gasteiger partial charge in [0.2, 0.25) is 0 Å². The van der Waals surface area contributed by atoms with Crippen molar-refractivity contribution in [3.05, 3.63) is 29.6 Å². The minimum absolute atomic E-state index is 0.0550. The first-order valence-electron chi connectivity index (χ1n) is 12.9. The molecule has 2 N–H and O–H groups in total. The van der Waals surface area contributed by atoms with E-state index in [4.69, 9.17) is 14.2 Å². The molecule has 38 heavy (non-hydrogen) atoms. The Kier molecular flexibility index (Phi) is 11.7. The van der Waals surface area contributed by atoms with Crippen molar-refractivity contribution in [3.8, 4) is 0 Å². The van der Waals surface area contributed by atoms with Gasteiger partial charge in [-0.05, 0) is 101 Å². The lowest BCUT2D eigenvalue weighted by Gasteiger charge is -2.29.